The quantitative estimate of drug-likeness (QED) is 0.282. The number of sulfonamides is 1. The molecule has 1 aliphatic rings. The summed E-state index contributed by atoms with van der Waals surface area (Å²) in [5, 5.41) is 0. The Morgan fingerprint density at radius 1 is 1.37 bits per heavy atom. The largest absolute Gasteiger partial charge is 0.494 e. The molecule has 1 aromatic carbocycles. The Labute approximate surface area is 222 Å². The van der Waals surface area contributed by atoms with E-state index in [0.29, 0.717) is 30.2 Å². The summed E-state index contributed by atoms with van der Waals surface area (Å²) in [4.78, 5) is 33.8. The molecule has 1 aromatic heterocycles. The van der Waals surface area contributed by atoms with Crippen LogP contribution in [0.3, 0.4) is 0 Å². The summed E-state index contributed by atoms with van der Waals surface area (Å²) < 4.78 is 47.5. The first-order chi connectivity index (χ1) is 17.8. The van der Waals surface area contributed by atoms with E-state index in [1.165, 1.54) is 30.5 Å². The molecular weight excluding hydrogens is 511 g/mol. The fourth-order valence-corrected chi connectivity index (χ4v) is 5.63. The van der Waals surface area contributed by atoms with Gasteiger partial charge in [-0.3, -0.25) is 9.59 Å². The van der Waals surface area contributed by atoms with Gasteiger partial charge in [0.05, 0.1) is 12.2 Å². The number of rotatable bonds is 9. The minimum Gasteiger partial charge on any atom is -0.494 e. The summed E-state index contributed by atoms with van der Waals surface area (Å²) in [6.45, 7) is 14.1. The lowest BCUT2D eigenvalue weighted by molar-refractivity contribution is -0.115. The van der Waals surface area contributed by atoms with E-state index < -0.39 is 37.7 Å². The number of amides is 1. The monoisotopic (exact) mass is 544 g/mol. The molecule has 38 heavy (non-hydrogen) atoms. The van der Waals surface area contributed by atoms with Crippen LogP contribution in [-0.2, 0) is 14.8 Å². The molecule has 11 heteroatoms. The summed E-state index contributed by atoms with van der Waals surface area (Å²) in [6, 6.07) is 6.64. The molecule has 0 aliphatic carbocycles. The number of aliphatic imine (C=N–C) groups is 1. The molecule has 0 saturated carbocycles. The summed E-state index contributed by atoms with van der Waals surface area (Å²) in [6.07, 6.45) is 3.31. The third kappa shape index (κ3) is 6.39. The van der Waals surface area contributed by atoms with Crippen molar-refractivity contribution in [3.05, 3.63) is 82.3 Å². The number of likely N-dealkylation sites (tertiary alicyclic amines) is 1. The third-order valence-electron chi connectivity index (χ3n) is 6.19. The highest BCUT2D eigenvalue weighted by Crippen LogP contribution is 2.37. The van der Waals surface area contributed by atoms with Gasteiger partial charge in [-0.15, -0.1) is 0 Å². The zero-order valence-electron chi connectivity index (χ0n) is 22.2. The topological polar surface area (TPSA) is 121 Å². The molecule has 1 atom stereocenters. The SMILES string of the molecule is C=C/C(C(=O)NS(=O)(=O)c1ccc[nH]c1=O)=C(\N=C(C)c1cc(F)cc(OCC)c1)N1C[C@@H](C)CC1(C)C. The highest BCUT2D eigenvalue weighted by molar-refractivity contribution is 7.90. The number of aromatic amines is 1. The molecule has 3 rings (SSSR count). The van der Waals surface area contributed by atoms with E-state index in [1.807, 2.05) is 23.5 Å². The average molecular weight is 545 g/mol. The summed E-state index contributed by atoms with van der Waals surface area (Å²) in [7, 11) is -4.50. The molecule has 0 bridgehead atoms. The third-order valence-corrected chi connectivity index (χ3v) is 7.55. The molecule has 1 aliphatic heterocycles. The highest BCUT2D eigenvalue weighted by Gasteiger charge is 2.39. The van der Waals surface area contributed by atoms with Crippen molar-refractivity contribution in [2.75, 3.05) is 13.2 Å². The van der Waals surface area contributed by atoms with E-state index in [2.05, 4.69) is 18.5 Å². The maximum Gasteiger partial charge on any atom is 0.269 e. The lowest BCUT2D eigenvalue weighted by atomic mass is 9.97. The van der Waals surface area contributed by atoms with Crippen LogP contribution in [0.2, 0.25) is 0 Å². The Morgan fingerprint density at radius 3 is 2.66 bits per heavy atom. The Balaban J connectivity index is 2.16. The van der Waals surface area contributed by atoms with Crippen molar-refractivity contribution >= 4 is 21.6 Å². The van der Waals surface area contributed by atoms with Crippen LogP contribution in [-0.4, -0.2) is 48.6 Å². The summed E-state index contributed by atoms with van der Waals surface area (Å²) in [5.74, 6) is -0.737. The van der Waals surface area contributed by atoms with Crippen LogP contribution in [0.4, 0.5) is 4.39 Å². The number of aromatic nitrogens is 1. The maximum atomic E-state index is 14.3. The second kappa shape index (κ2) is 11.3. The Bertz CT molecular complexity index is 1460. The average Bonchev–Trinajstić information content (AvgIpc) is 3.09. The van der Waals surface area contributed by atoms with Gasteiger partial charge in [0.25, 0.3) is 21.5 Å². The minimum atomic E-state index is -4.50. The number of carbonyl (C=O) groups excluding carboxylic acids is 1. The van der Waals surface area contributed by atoms with Crippen LogP contribution in [0.5, 0.6) is 5.75 Å². The molecule has 0 spiro atoms. The summed E-state index contributed by atoms with van der Waals surface area (Å²) >= 11 is 0. The highest BCUT2D eigenvalue weighted by atomic mass is 32.2. The van der Waals surface area contributed by atoms with Gasteiger partial charge in [0.1, 0.15) is 17.4 Å². The van der Waals surface area contributed by atoms with Crippen LogP contribution in [0.25, 0.3) is 0 Å². The van der Waals surface area contributed by atoms with Crippen molar-refractivity contribution in [2.45, 2.75) is 51.5 Å². The van der Waals surface area contributed by atoms with Crippen LogP contribution in [0, 0.1) is 11.7 Å². The first kappa shape index (κ1) is 28.8. The van der Waals surface area contributed by atoms with Gasteiger partial charge < -0.3 is 14.6 Å². The van der Waals surface area contributed by atoms with Crippen molar-refractivity contribution in [3.8, 4) is 5.75 Å². The number of benzene rings is 1. The number of carbonyl (C=O) groups is 1. The number of ether oxygens (including phenoxy) is 1. The zero-order valence-corrected chi connectivity index (χ0v) is 23.0. The molecule has 0 unspecified atom stereocenters. The maximum absolute atomic E-state index is 14.3. The number of halogens is 1. The first-order valence-electron chi connectivity index (χ1n) is 12.2. The van der Waals surface area contributed by atoms with E-state index in [1.54, 1.807) is 19.9 Å². The molecule has 1 saturated heterocycles. The standard InChI is InChI=1S/C27H33FN4O5S/c1-7-22(25(33)31-38(35,36)23-10-9-11-29-26(23)34)24(32-16-17(3)15-27(32,5)6)30-18(4)19-12-20(28)14-21(13-19)37-8-2/h7,9-14,17H,1,8,15-16H2,2-6H3,(H,29,34)(H,31,33)/b24-22-,30-18?/t17-/m0/s1. The molecule has 1 amide bonds. The lowest BCUT2D eigenvalue weighted by Crippen LogP contribution is -2.40. The zero-order chi connectivity index (χ0) is 28.3. The number of hydrogen-bond donors (Lipinski definition) is 2. The molecule has 2 N–H and O–H groups in total. The van der Waals surface area contributed by atoms with Crippen molar-refractivity contribution < 1.29 is 22.3 Å². The second-order valence-electron chi connectivity index (χ2n) is 9.78. The summed E-state index contributed by atoms with van der Waals surface area (Å²) in [5.41, 5.74) is -0.588. The number of pyridine rings is 1. The number of hydrogen-bond acceptors (Lipinski definition) is 7. The fourth-order valence-electron chi connectivity index (χ4n) is 4.61. The van der Waals surface area contributed by atoms with E-state index in [-0.39, 0.29) is 17.3 Å². The molecule has 1 fully saturated rings. The molecule has 9 nitrogen and oxygen atoms in total. The minimum absolute atomic E-state index is 0.108. The van der Waals surface area contributed by atoms with Gasteiger partial charge >= 0.3 is 0 Å². The van der Waals surface area contributed by atoms with Gasteiger partial charge in [0, 0.05) is 35.6 Å². The van der Waals surface area contributed by atoms with Gasteiger partial charge in [-0.25, -0.2) is 22.5 Å². The van der Waals surface area contributed by atoms with Crippen LogP contribution >= 0.6 is 0 Å². The number of nitrogens with zero attached hydrogens (tertiary/aromatic N) is 2. The first-order valence-corrected chi connectivity index (χ1v) is 13.7. The van der Waals surface area contributed by atoms with Crippen LogP contribution < -0.4 is 15.0 Å². The van der Waals surface area contributed by atoms with Gasteiger partial charge in [0.15, 0.2) is 4.90 Å². The van der Waals surface area contributed by atoms with Gasteiger partial charge in [-0.2, -0.15) is 0 Å². The van der Waals surface area contributed by atoms with E-state index in [9.17, 15) is 22.4 Å². The van der Waals surface area contributed by atoms with Crippen molar-refractivity contribution in [2.24, 2.45) is 10.9 Å². The Kier molecular flexibility index (Phi) is 8.61. The fraction of sp³-hybridized carbons (Fsp3) is 0.370. The predicted molar refractivity (Wildman–Crippen MR) is 144 cm³/mol. The number of H-pyrrole nitrogens is 1. The van der Waals surface area contributed by atoms with Gasteiger partial charge in [0.2, 0.25) is 0 Å². The lowest BCUT2D eigenvalue weighted by Gasteiger charge is -2.34. The number of nitrogens with one attached hydrogen (secondary N) is 2. The van der Waals surface area contributed by atoms with Gasteiger partial charge in [-0.05, 0) is 64.3 Å². The molecule has 204 valence electrons. The van der Waals surface area contributed by atoms with E-state index >= 15 is 0 Å². The van der Waals surface area contributed by atoms with Crippen LogP contribution in [0.1, 0.15) is 46.6 Å². The Hall–Kier alpha value is -3.73. The van der Waals surface area contributed by atoms with Crippen LogP contribution in [0.15, 0.2) is 75.3 Å². The molecule has 2 heterocycles. The van der Waals surface area contributed by atoms with E-state index in [0.717, 1.165) is 12.5 Å². The Morgan fingerprint density at radius 2 is 2.08 bits per heavy atom. The van der Waals surface area contributed by atoms with Gasteiger partial charge in [-0.1, -0.05) is 19.6 Å². The van der Waals surface area contributed by atoms with Crippen molar-refractivity contribution in [3.63, 3.8) is 0 Å². The normalized spacial score (nSPS) is 18.1. The van der Waals surface area contributed by atoms with Crippen molar-refractivity contribution in [1.82, 2.24) is 14.6 Å². The second-order valence-corrected chi connectivity index (χ2v) is 11.4. The molecule has 2 aromatic rings. The van der Waals surface area contributed by atoms with E-state index in [4.69, 9.17) is 9.73 Å². The molecular formula is C27H33FN4O5S. The van der Waals surface area contributed by atoms with Crippen molar-refractivity contribution in [1.29, 1.82) is 0 Å². The smallest absolute Gasteiger partial charge is 0.269 e. The molecule has 0 radical (unpaired) electrons. The predicted octanol–water partition coefficient (Wildman–Crippen LogP) is 3.74.